The molecule has 0 aliphatic carbocycles. The van der Waals surface area contributed by atoms with Crippen LogP contribution in [0, 0.1) is 11.8 Å². The van der Waals surface area contributed by atoms with Crippen molar-refractivity contribution in [3.8, 4) is 0 Å². The Labute approximate surface area is 113 Å². The summed E-state index contributed by atoms with van der Waals surface area (Å²) in [6.07, 6.45) is 0.894. The highest BCUT2D eigenvalue weighted by Gasteiger charge is 2.50. The van der Waals surface area contributed by atoms with Crippen molar-refractivity contribution in [2.75, 3.05) is 13.2 Å². The van der Waals surface area contributed by atoms with Gasteiger partial charge in [0.25, 0.3) is 0 Å². The summed E-state index contributed by atoms with van der Waals surface area (Å²) in [6.45, 7) is 16.5. The van der Waals surface area contributed by atoms with E-state index in [1.54, 1.807) is 0 Å². The van der Waals surface area contributed by atoms with Crippen molar-refractivity contribution in [2.24, 2.45) is 11.8 Å². The average Bonchev–Trinajstić information content (AvgIpc) is 2.33. The van der Waals surface area contributed by atoms with Crippen LogP contribution in [-0.4, -0.2) is 31.5 Å². The van der Waals surface area contributed by atoms with Crippen LogP contribution in [0.2, 0.25) is 6.32 Å². The molecule has 1 heterocycles. The second kappa shape index (κ2) is 5.93. The summed E-state index contributed by atoms with van der Waals surface area (Å²) in [6, 6.07) is 0. The third-order valence-electron chi connectivity index (χ3n) is 3.75. The molecule has 0 aromatic carbocycles. The maximum atomic E-state index is 5.98. The van der Waals surface area contributed by atoms with Crippen LogP contribution in [0.1, 0.15) is 48.5 Å². The van der Waals surface area contributed by atoms with Gasteiger partial charge in [0.05, 0.1) is 11.2 Å². The van der Waals surface area contributed by atoms with Crippen LogP contribution in [0.15, 0.2) is 0 Å². The largest absolute Gasteiger partial charge is 0.458 e. The van der Waals surface area contributed by atoms with Crippen LogP contribution in [-0.2, 0) is 14.0 Å². The van der Waals surface area contributed by atoms with Gasteiger partial charge >= 0.3 is 7.12 Å². The van der Waals surface area contributed by atoms with Crippen LogP contribution in [0.25, 0.3) is 0 Å². The van der Waals surface area contributed by atoms with Crippen molar-refractivity contribution < 1.29 is 14.0 Å². The fraction of sp³-hybridized carbons (Fsp3) is 1.00. The van der Waals surface area contributed by atoms with Gasteiger partial charge in [-0.05, 0) is 45.9 Å². The SMILES string of the molecule is CC(C)COCC(C)CB1OC(C)(C)C(C)(C)O1. The van der Waals surface area contributed by atoms with Crippen molar-refractivity contribution in [1.29, 1.82) is 0 Å². The molecule has 1 rings (SSSR count). The molecule has 1 aliphatic rings. The van der Waals surface area contributed by atoms with Crippen molar-refractivity contribution in [3.05, 3.63) is 0 Å². The predicted octanol–water partition coefficient (Wildman–Crippen LogP) is 3.39. The molecule has 3 nitrogen and oxygen atoms in total. The monoisotopic (exact) mass is 256 g/mol. The van der Waals surface area contributed by atoms with Gasteiger partial charge in [-0.2, -0.15) is 0 Å². The lowest BCUT2D eigenvalue weighted by Crippen LogP contribution is -2.41. The van der Waals surface area contributed by atoms with Crippen LogP contribution >= 0.6 is 0 Å². The minimum atomic E-state index is -0.226. The van der Waals surface area contributed by atoms with Gasteiger partial charge in [0.2, 0.25) is 0 Å². The number of hydrogen-bond donors (Lipinski definition) is 0. The molecule has 0 bridgehead atoms. The third kappa shape index (κ3) is 4.25. The van der Waals surface area contributed by atoms with Gasteiger partial charge in [0, 0.05) is 13.2 Å². The van der Waals surface area contributed by atoms with Crippen molar-refractivity contribution in [2.45, 2.75) is 66.0 Å². The fourth-order valence-electron chi connectivity index (χ4n) is 1.96. The van der Waals surface area contributed by atoms with E-state index in [1.165, 1.54) is 0 Å². The molecule has 0 aromatic rings. The first kappa shape index (κ1) is 16.0. The maximum absolute atomic E-state index is 5.98. The first-order valence-corrected chi connectivity index (χ1v) is 7.07. The Balaban J connectivity index is 2.32. The Morgan fingerprint density at radius 3 is 1.89 bits per heavy atom. The molecule has 0 saturated carbocycles. The van der Waals surface area contributed by atoms with Crippen LogP contribution in [0.4, 0.5) is 0 Å². The molecule has 0 aromatic heterocycles. The molecular weight excluding hydrogens is 227 g/mol. The molecular formula is C14H29BO3. The Hall–Kier alpha value is -0.0551. The first-order valence-electron chi connectivity index (χ1n) is 7.07. The molecule has 0 radical (unpaired) electrons. The van der Waals surface area contributed by atoms with Crippen molar-refractivity contribution in [1.82, 2.24) is 0 Å². The summed E-state index contributed by atoms with van der Waals surface area (Å²) in [7, 11) is -0.104. The van der Waals surface area contributed by atoms with Gasteiger partial charge < -0.3 is 14.0 Å². The molecule has 1 saturated heterocycles. The van der Waals surface area contributed by atoms with E-state index in [0.717, 1.165) is 19.5 Å². The summed E-state index contributed by atoms with van der Waals surface area (Å²) in [5, 5.41) is 0. The topological polar surface area (TPSA) is 27.7 Å². The second-order valence-corrected chi connectivity index (χ2v) is 6.96. The van der Waals surface area contributed by atoms with Gasteiger partial charge in [0.15, 0.2) is 0 Å². The number of hydrogen-bond acceptors (Lipinski definition) is 3. The molecule has 18 heavy (non-hydrogen) atoms. The molecule has 1 unspecified atom stereocenters. The summed E-state index contributed by atoms with van der Waals surface area (Å²) in [5.74, 6) is 1.05. The molecule has 1 atom stereocenters. The van der Waals surface area contributed by atoms with E-state index in [-0.39, 0.29) is 18.3 Å². The zero-order valence-corrected chi connectivity index (χ0v) is 13.1. The zero-order chi connectivity index (χ0) is 14.0. The molecule has 4 heteroatoms. The fourth-order valence-corrected chi connectivity index (χ4v) is 1.96. The number of ether oxygens (including phenoxy) is 1. The lowest BCUT2D eigenvalue weighted by molar-refractivity contribution is 0.00578. The summed E-state index contributed by atoms with van der Waals surface area (Å²) in [4.78, 5) is 0. The smallest absolute Gasteiger partial charge is 0.403 e. The Kier molecular flexibility index (Phi) is 5.27. The highest BCUT2D eigenvalue weighted by atomic mass is 16.7. The van der Waals surface area contributed by atoms with Gasteiger partial charge in [-0.25, -0.2) is 0 Å². The van der Waals surface area contributed by atoms with Gasteiger partial charge in [0.1, 0.15) is 0 Å². The predicted molar refractivity (Wildman–Crippen MR) is 75.7 cm³/mol. The quantitative estimate of drug-likeness (QED) is 0.682. The van der Waals surface area contributed by atoms with Crippen LogP contribution in [0.3, 0.4) is 0 Å². The van der Waals surface area contributed by atoms with E-state index in [1.807, 2.05) is 0 Å². The summed E-state index contributed by atoms with van der Waals surface area (Å²) < 4.78 is 17.6. The Morgan fingerprint density at radius 2 is 1.44 bits per heavy atom. The van der Waals surface area contributed by atoms with Gasteiger partial charge in [-0.15, -0.1) is 0 Å². The average molecular weight is 256 g/mol. The van der Waals surface area contributed by atoms with Crippen molar-refractivity contribution in [3.63, 3.8) is 0 Å². The molecule has 1 fully saturated rings. The summed E-state index contributed by atoms with van der Waals surface area (Å²) in [5.41, 5.74) is -0.452. The normalized spacial score (nSPS) is 23.7. The Bertz CT molecular complexity index is 248. The minimum absolute atomic E-state index is 0.104. The minimum Gasteiger partial charge on any atom is -0.403 e. The third-order valence-corrected chi connectivity index (χ3v) is 3.75. The van der Waals surface area contributed by atoms with E-state index < -0.39 is 0 Å². The first-order chi connectivity index (χ1) is 8.14. The highest BCUT2D eigenvalue weighted by molar-refractivity contribution is 6.45. The van der Waals surface area contributed by atoms with E-state index in [0.29, 0.717) is 11.8 Å². The summed E-state index contributed by atoms with van der Waals surface area (Å²) >= 11 is 0. The molecule has 0 amide bonds. The highest BCUT2D eigenvalue weighted by Crippen LogP contribution is 2.38. The van der Waals surface area contributed by atoms with E-state index in [2.05, 4.69) is 48.5 Å². The molecule has 0 N–H and O–H groups in total. The zero-order valence-electron chi connectivity index (χ0n) is 13.1. The second-order valence-electron chi connectivity index (χ2n) is 6.96. The molecule has 0 spiro atoms. The van der Waals surface area contributed by atoms with E-state index in [9.17, 15) is 0 Å². The lowest BCUT2D eigenvalue weighted by Gasteiger charge is -2.32. The van der Waals surface area contributed by atoms with E-state index in [4.69, 9.17) is 14.0 Å². The van der Waals surface area contributed by atoms with Crippen LogP contribution in [0.5, 0.6) is 0 Å². The van der Waals surface area contributed by atoms with Gasteiger partial charge in [-0.1, -0.05) is 20.8 Å². The number of rotatable bonds is 6. The maximum Gasteiger partial charge on any atom is 0.458 e. The Morgan fingerprint density at radius 1 is 0.944 bits per heavy atom. The lowest BCUT2D eigenvalue weighted by atomic mass is 9.78. The molecule has 106 valence electrons. The van der Waals surface area contributed by atoms with Crippen molar-refractivity contribution >= 4 is 7.12 Å². The van der Waals surface area contributed by atoms with E-state index >= 15 is 0 Å². The van der Waals surface area contributed by atoms with Gasteiger partial charge in [-0.3, -0.25) is 0 Å². The van der Waals surface area contributed by atoms with Crippen LogP contribution < -0.4 is 0 Å². The standard InChI is InChI=1S/C14H29BO3/c1-11(2)9-16-10-12(3)8-15-17-13(4,5)14(6,7)18-15/h11-12H,8-10H2,1-7H3. The molecule has 1 aliphatic heterocycles.